The molecule has 5 nitrogen and oxygen atoms in total. The first kappa shape index (κ1) is 20.1. The number of aliphatic hydroxyl groups is 1. The Kier molecular flexibility index (Phi) is 4.98. The van der Waals surface area contributed by atoms with Crippen LogP contribution in [0.25, 0.3) is 0 Å². The molecule has 0 spiro atoms. The molecule has 0 aromatic rings. The van der Waals surface area contributed by atoms with Crippen molar-refractivity contribution >= 4 is 11.5 Å². The molecule has 0 heterocycles. The molecule has 0 saturated heterocycles. The van der Waals surface area contributed by atoms with Crippen LogP contribution in [0.2, 0.25) is 0 Å². The van der Waals surface area contributed by atoms with E-state index in [9.17, 15) is 9.90 Å². The number of ketones is 1. The van der Waals surface area contributed by atoms with Gasteiger partial charge in [-0.1, -0.05) is 25.6 Å². The van der Waals surface area contributed by atoms with E-state index in [1.54, 1.807) is 0 Å². The second-order valence-electron chi connectivity index (χ2n) is 10.2. The average Bonchev–Trinajstić information content (AvgIpc) is 2.96. The average molecular weight is 389 g/mol. The smallest absolute Gasteiger partial charge is 0.139 e. The Hall–Kier alpha value is -1.20. The Bertz CT molecular complexity index is 704. The second-order valence-corrected chi connectivity index (χ2v) is 10.2. The Morgan fingerprint density at radius 2 is 2.04 bits per heavy atom. The fourth-order valence-corrected chi connectivity index (χ4v) is 7.17. The molecule has 4 aliphatic rings. The number of oxime groups is 1. The molecule has 0 amide bonds. The van der Waals surface area contributed by atoms with Crippen LogP contribution in [0.4, 0.5) is 0 Å². The molecule has 4 fully saturated rings. The van der Waals surface area contributed by atoms with Crippen molar-refractivity contribution in [2.24, 2.45) is 33.7 Å². The van der Waals surface area contributed by atoms with Gasteiger partial charge in [-0.3, -0.25) is 4.79 Å². The Balaban J connectivity index is 1.58. The van der Waals surface area contributed by atoms with Crippen molar-refractivity contribution in [2.75, 3.05) is 20.2 Å². The number of fused-ring (bicyclic) bond motifs is 5. The van der Waals surface area contributed by atoms with Crippen molar-refractivity contribution in [3.8, 4) is 0 Å². The number of carbonyl (C=O) groups is 1. The number of Topliss-reactive ketones (excluding diaryl/α,β-unsaturated/α-hetero) is 1. The van der Waals surface area contributed by atoms with E-state index < -0.39 is 5.60 Å². The maximum atomic E-state index is 12.6. The summed E-state index contributed by atoms with van der Waals surface area (Å²) in [7, 11) is 1.89. The lowest BCUT2D eigenvalue weighted by molar-refractivity contribution is -0.161. The van der Waals surface area contributed by atoms with E-state index in [0.29, 0.717) is 36.6 Å². The van der Waals surface area contributed by atoms with Crippen molar-refractivity contribution in [3.05, 3.63) is 12.2 Å². The molecule has 1 unspecified atom stereocenters. The van der Waals surface area contributed by atoms with E-state index in [0.717, 1.165) is 62.8 Å². The second kappa shape index (κ2) is 6.94. The molecule has 0 aromatic heterocycles. The van der Waals surface area contributed by atoms with Crippen molar-refractivity contribution in [2.45, 2.75) is 70.8 Å². The molecule has 0 aromatic carbocycles. The molecule has 6 atom stereocenters. The summed E-state index contributed by atoms with van der Waals surface area (Å²) in [5.41, 5.74) is 0.656. The number of likely N-dealkylation sites (N-methyl/N-ethyl adjacent to an activating group) is 1. The van der Waals surface area contributed by atoms with Gasteiger partial charge in [0, 0.05) is 30.2 Å². The molecule has 4 rings (SSSR count). The van der Waals surface area contributed by atoms with E-state index in [4.69, 9.17) is 4.84 Å². The summed E-state index contributed by atoms with van der Waals surface area (Å²) in [4.78, 5) is 18.0. The number of rotatable bonds is 4. The van der Waals surface area contributed by atoms with Crippen LogP contribution in [0, 0.1) is 28.6 Å². The predicted octanol–water partition coefficient (Wildman–Crippen LogP) is 3.47. The Labute approximate surface area is 169 Å². The summed E-state index contributed by atoms with van der Waals surface area (Å²) in [6.07, 6.45) is 6.93. The van der Waals surface area contributed by atoms with E-state index in [1.165, 1.54) is 0 Å². The third-order valence-corrected chi connectivity index (χ3v) is 9.01. The summed E-state index contributed by atoms with van der Waals surface area (Å²) in [5, 5.41) is 19.2. The molecule has 28 heavy (non-hydrogen) atoms. The van der Waals surface area contributed by atoms with Crippen LogP contribution < -0.4 is 5.32 Å². The fourth-order valence-electron chi connectivity index (χ4n) is 7.17. The van der Waals surface area contributed by atoms with Crippen LogP contribution in [0.3, 0.4) is 0 Å². The topological polar surface area (TPSA) is 70.9 Å². The molecule has 0 radical (unpaired) electrons. The zero-order chi connectivity index (χ0) is 20.2. The summed E-state index contributed by atoms with van der Waals surface area (Å²) in [6, 6.07) is 0. The Morgan fingerprint density at radius 1 is 1.25 bits per heavy atom. The van der Waals surface area contributed by atoms with Crippen LogP contribution in [-0.2, 0) is 9.63 Å². The number of nitrogens with zero attached hydrogens (tertiary/aromatic N) is 1. The highest BCUT2D eigenvalue weighted by Crippen LogP contribution is 2.67. The highest BCUT2D eigenvalue weighted by molar-refractivity contribution is 5.88. The highest BCUT2D eigenvalue weighted by atomic mass is 16.6. The van der Waals surface area contributed by atoms with Crippen molar-refractivity contribution in [1.29, 1.82) is 0 Å². The first-order valence-corrected chi connectivity index (χ1v) is 11.0. The van der Waals surface area contributed by atoms with E-state index >= 15 is 0 Å². The lowest BCUT2D eigenvalue weighted by Crippen LogP contribution is -2.63. The largest absolute Gasteiger partial charge is 0.394 e. The monoisotopic (exact) mass is 388 g/mol. The van der Waals surface area contributed by atoms with Gasteiger partial charge in [-0.05, 0) is 68.9 Å². The summed E-state index contributed by atoms with van der Waals surface area (Å²) in [6.45, 7) is 10.1. The molecular formula is C23H36N2O3. The molecule has 0 aliphatic heterocycles. The van der Waals surface area contributed by atoms with Gasteiger partial charge in [0.1, 0.15) is 12.4 Å². The summed E-state index contributed by atoms with van der Waals surface area (Å²) in [5.74, 6) is 1.85. The third kappa shape index (κ3) is 2.72. The molecule has 4 aliphatic carbocycles. The van der Waals surface area contributed by atoms with Gasteiger partial charge in [-0.25, -0.2) is 0 Å². The van der Waals surface area contributed by atoms with E-state index in [2.05, 4.69) is 30.9 Å². The minimum Gasteiger partial charge on any atom is -0.394 e. The van der Waals surface area contributed by atoms with Gasteiger partial charge in [0.25, 0.3) is 0 Å². The van der Waals surface area contributed by atoms with Crippen molar-refractivity contribution in [3.63, 3.8) is 0 Å². The summed E-state index contributed by atoms with van der Waals surface area (Å²) < 4.78 is 0. The zero-order valence-corrected chi connectivity index (χ0v) is 17.7. The zero-order valence-electron chi connectivity index (χ0n) is 17.7. The van der Waals surface area contributed by atoms with E-state index in [1.807, 2.05) is 7.05 Å². The lowest BCUT2D eigenvalue weighted by atomic mass is 9.43. The lowest BCUT2D eigenvalue weighted by Gasteiger charge is -2.63. The maximum absolute atomic E-state index is 12.6. The minimum absolute atomic E-state index is 0.143. The first-order chi connectivity index (χ1) is 13.3. The highest BCUT2D eigenvalue weighted by Gasteiger charge is 2.65. The first-order valence-electron chi connectivity index (χ1n) is 11.0. The van der Waals surface area contributed by atoms with Crippen LogP contribution >= 0.6 is 0 Å². The van der Waals surface area contributed by atoms with Crippen LogP contribution in [0.15, 0.2) is 17.3 Å². The number of carbonyl (C=O) groups excluding carboxylic acids is 1. The summed E-state index contributed by atoms with van der Waals surface area (Å²) >= 11 is 0. The van der Waals surface area contributed by atoms with Gasteiger partial charge < -0.3 is 15.3 Å². The fraction of sp³-hybridized carbons (Fsp3) is 0.826. The molecule has 4 saturated carbocycles. The van der Waals surface area contributed by atoms with E-state index in [-0.39, 0.29) is 10.8 Å². The molecule has 5 heteroatoms. The van der Waals surface area contributed by atoms with Gasteiger partial charge in [0.05, 0.1) is 11.3 Å². The van der Waals surface area contributed by atoms with Crippen LogP contribution in [0.5, 0.6) is 0 Å². The Morgan fingerprint density at radius 3 is 2.79 bits per heavy atom. The van der Waals surface area contributed by atoms with Gasteiger partial charge >= 0.3 is 0 Å². The van der Waals surface area contributed by atoms with Crippen molar-refractivity contribution < 1.29 is 14.7 Å². The van der Waals surface area contributed by atoms with Gasteiger partial charge in [0.2, 0.25) is 0 Å². The normalized spacial score (nSPS) is 46.9. The minimum atomic E-state index is -0.909. The molecule has 156 valence electrons. The number of hydrogen-bond donors (Lipinski definition) is 2. The maximum Gasteiger partial charge on any atom is 0.139 e. The molecule has 0 bridgehead atoms. The number of nitrogens with one attached hydrogen (secondary N) is 1. The molecular weight excluding hydrogens is 352 g/mol. The number of hydrogen-bond acceptors (Lipinski definition) is 5. The molecule has 2 N–H and O–H groups in total. The standard InChI is InChI=1S/C23H36N2O3/c1-15-13-17-18-5-6-20(26)21(18,2)9-8-19(17)22(3)10-7-16(14-23(15,22)27)25-28-12-11-24-4/h17-19,24,27H,1,5-14H2,2-4H3/t17-,18-,19+,21-,22+,23?/m0/s1. The predicted molar refractivity (Wildman–Crippen MR) is 110 cm³/mol. The van der Waals surface area contributed by atoms with Gasteiger partial charge in [-0.2, -0.15) is 0 Å². The van der Waals surface area contributed by atoms with Gasteiger partial charge in [0.15, 0.2) is 0 Å². The van der Waals surface area contributed by atoms with Crippen molar-refractivity contribution in [1.82, 2.24) is 5.32 Å². The quantitative estimate of drug-likeness (QED) is 0.439. The van der Waals surface area contributed by atoms with Crippen LogP contribution in [-0.4, -0.2) is 42.4 Å². The SMILES string of the molecule is C=C1C[C@@H]2[C@@H](CC[C@]3(C)C(=O)CC[C@@H]23)[C@@]2(C)CCC(=NOCCNC)CC12O. The third-order valence-electron chi connectivity index (χ3n) is 9.01. The van der Waals surface area contributed by atoms with Gasteiger partial charge in [-0.15, -0.1) is 0 Å². The van der Waals surface area contributed by atoms with Crippen LogP contribution in [0.1, 0.15) is 65.2 Å².